The molecule has 1 heterocycles. The Labute approximate surface area is 98.8 Å². The van der Waals surface area contributed by atoms with E-state index >= 15 is 0 Å². The normalized spacial score (nSPS) is 21.3. The van der Waals surface area contributed by atoms with E-state index < -0.39 is 5.92 Å². The minimum Gasteiger partial charge on any atom is -0.316 e. The van der Waals surface area contributed by atoms with Gasteiger partial charge >= 0.3 is 0 Å². The first-order valence-electron chi connectivity index (χ1n) is 5.42. The van der Waals surface area contributed by atoms with Crippen molar-refractivity contribution in [3.05, 3.63) is 34.9 Å². The summed E-state index contributed by atoms with van der Waals surface area (Å²) in [4.78, 5) is 0. The van der Waals surface area contributed by atoms with Crippen LogP contribution in [-0.4, -0.2) is 13.1 Å². The lowest BCUT2D eigenvalue weighted by molar-refractivity contribution is -0.0268. The fourth-order valence-corrected chi connectivity index (χ4v) is 2.28. The first-order chi connectivity index (χ1) is 7.58. The molecule has 1 unspecified atom stereocenters. The van der Waals surface area contributed by atoms with Crippen molar-refractivity contribution in [3.63, 3.8) is 0 Å². The van der Waals surface area contributed by atoms with Gasteiger partial charge in [-0.05, 0) is 37.6 Å². The smallest absolute Gasteiger partial charge is 0.273 e. The van der Waals surface area contributed by atoms with Crippen LogP contribution in [0.25, 0.3) is 0 Å². The van der Waals surface area contributed by atoms with E-state index in [1.165, 1.54) is 12.1 Å². The van der Waals surface area contributed by atoms with Gasteiger partial charge in [0.15, 0.2) is 0 Å². The fourth-order valence-electron chi connectivity index (χ4n) is 2.09. The topological polar surface area (TPSA) is 12.0 Å². The van der Waals surface area contributed by atoms with Crippen LogP contribution in [0.2, 0.25) is 5.02 Å². The molecule has 1 atom stereocenters. The van der Waals surface area contributed by atoms with Crippen LogP contribution < -0.4 is 5.32 Å². The predicted molar refractivity (Wildman–Crippen MR) is 60.9 cm³/mol. The first kappa shape index (κ1) is 11.8. The van der Waals surface area contributed by atoms with Crippen molar-refractivity contribution in [1.82, 2.24) is 5.32 Å². The molecule has 0 saturated carbocycles. The summed E-state index contributed by atoms with van der Waals surface area (Å²) in [5.74, 6) is -2.71. The molecule has 88 valence electrons. The number of alkyl halides is 2. The highest BCUT2D eigenvalue weighted by Gasteiger charge is 2.35. The van der Waals surface area contributed by atoms with Gasteiger partial charge in [0.25, 0.3) is 5.92 Å². The van der Waals surface area contributed by atoms with Crippen molar-refractivity contribution in [1.29, 1.82) is 0 Å². The summed E-state index contributed by atoms with van der Waals surface area (Å²) in [5.41, 5.74) is 0.0203. The average Bonchev–Trinajstić information content (AvgIpc) is 2.70. The molecule has 0 aromatic heterocycles. The molecule has 1 saturated heterocycles. The van der Waals surface area contributed by atoms with Gasteiger partial charge in [-0.1, -0.05) is 23.7 Å². The van der Waals surface area contributed by atoms with Crippen LogP contribution in [-0.2, 0) is 5.92 Å². The van der Waals surface area contributed by atoms with E-state index in [4.69, 9.17) is 11.6 Å². The molecule has 2 rings (SSSR count). The van der Waals surface area contributed by atoms with Crippen molar-refractivity contribution in [2.75, 3.05) is 13.1 Å². The van der Waals surface area contributed by atoms with Crippen LogP contribution >= 0.6 is 11.6 Å². The number of hydrogen-bond donors (Lipinski definition) is 1. The van der Waals surface area contributed by atoms with E-state index in [9.17, 15) is 8.78 Å². The van der Waals surface area contributed by atoms with Crippen molar-refractivity contribution < 1.29 is 8.78 Å². The van der Waals surface area contributed by atoms with Crippen LogP contribution in [0.5, 0.6) is 0 Å². The quantitative estimate of drug-likeness (QED) is 0.860. The first-order valence-corrected chi connectivity index (χ1v) is 5.80. The van der Waals surface area contributed by atoms with Crippen LogP contribution in [0.3, 0.4) is 0 Å². The number of rotatable bonds is 3. The lowest BCUT2D eigenvalue weighted by Crippen LogP contribution is -2.20. The maximum absolute atomic E-state index is 13.9. The van der Waals surface area contributed by atoms with E-state index in [2.05, 4.69) is 5.32 Å². The van der Waals surface area contributed by atoms with Crippen molar-refractivity contribution in [2.24, 2.45) is 5.92 Å². The second-order valence-corrected chi connectivity index (χ2v) is 4.71. The molecule has 1 fully saturated rings. The molecule has 0 aliphatic carbocycles. The van der Waals surface area contributed by atoms with Gasteiger partial charge in [0.2, 0.25) is 0 Å². The van der Waals surface area contributed by atoms with Crippen LogP contribution in [0.15, 0.2) is 24.3 Å². The van der Waals surface area contributed by atoms with Gasteiger partial charge in [-0.3, -0.25) is 0 Å². The predicted octanol–water partition coefficient (Wildman–Crippen LogP) is 3.43. The summed E-state index contributed by atoms with van der Waals surface area (Å²) in [5, 5.41) is 3.46. The summed E-state index contributed by atoms with van der Waals surface area (Å²) in [6, 6.07) is 5.97. The molecule has 1 aromatic carbocycles. The Kier molecular flexibility index (Phi) is 3.45. The molecule has 16 heavy (non-hydrogen) atoms. The summed E-state index contributed by atoms with van der Waals surface area (Å²) in [6.45, 7) is 1.53. The number of hydrogen-bond acceptors (Lipinski definition) is 1. The summed E-state index contributed by atoms with van der Waals surface area (Å²) >= 11 is 5.72. The Morgan fingerprint density at radius 2 is 2.25 bits per heavy atom. The number of benzene rings is 1. The molecule has 1 aliphatic rings. The molecule has 1 nitrogen and oxygen atoms in total. The summed E-state index contributed by atoms with van der Waals surface area (Å²) < 4.78 is 27.8. The van der Waals surface area contributed by atoms with Crippen LogP contribution in [0.4, 0.5) is 8.78 Å². The molecule has 0 amide bonds. The maximum Gasteiger partial charge on any atom is 0.273 e. The highest BCUT2D eigenvalue weighted by molar-refractivity contribution is 6.30. The zero-order valence-corrected chi connectivity index (χ0v) is 9.61. The molecular formula is C12H14ClF2N. The average molecular weight is 246 g/mol. The molecule has 0 bridgehead atoms. The van der Waals surface area contributed by atoms with Gasteiger partial charge in [0.1, 0.15) is 0 Å². The summed E-state index contributed by atoms with van der Waals surface area (Å²) in [7, 11) is 0. The van der Waals surface area contributed by atoms with Crippen LogP contribution in [0.1, 0.15) is 18.4 Å². The summed E-state index contributed by atoms with van der Waals surface area (Å²) in [6.07, 6.45) is 0.733. The number of nitrogens with one attached hydrogen (secondary N) is 1. The maximum atomic E-state index is 13.9. The Morgan fingerprint density at radius 3 is 2.88 bits per heavy atom. The highest BCUT2D eigenvalue weighted by Crippen LogP contribution is 2.37. The third kappa shape index (κ3) is 2.71. The Hall–Kier alpha value is -0.670. The lowest BCUT2D eigenvalue weighted by atomic mass is 9.95. The monoisotopic (exact) mass is 245 g/mol. The molecule has 1 aromatic rings. The van der Waals surface area contributed by atoms with Crippen LogP contribution in [0, 0.1) is 5.92 Å². The van der Waals surface area contributed by atoms with Gasteiger partial charge in [0.05, 0.1) is 0 Å². The Morgan fingerprint density at radius 1 is 1.44 bits per heavy atom. The third-order valence-electron chi connectivity index (χ3n) is 2.95. The van der Waals surface area contributed by atoms with E-state index in [1.54, 1.807) is 12.1 Å². The van der Waals surface area contributed by atoms with Gasteiger partial charge in [-0.2, -0.15) is 0 Å². The van der Waals surface area contributed by atoms with Crippen molar-refractivity contribution in [2.45, 2.75) is 18.8 Å². The van der Waals surface area contributed by atoms with Gasteiger partial charge < -0.3 is 5.32 Å². The van der Waals surface area contributed by atoms with Crippen molar-refractivity contribution >= 4 is 11.6 Å². The zero-order chi connectivity index (χ0) is 11.6. The van der Waals surface area contributed by atoms with E-state index in [0.717, 1.165) is 13.0 Å². The second-order valence-electron chi connectivity index (χ2n) is 4.28. The largest absolute Gasteiger partial charge is 0.316 e. The second kappa shape index (κ2) is 4.68. The minimum atomic E-state index is -2.78. The van der Waals surface area contributed by atoms with Gasteiger partial charge in [-0.25, -0.2) is 8.78 Å². The SMILES string of the molecule is FC(F)(CC1CCNC1)c1cccc(Cl)c1. The van der Waals surface area contributed by atoms with E-state index in [-0.39, 0.29) is 17.9 Å². The Balaban J connectivity index is 2.10. The highest BCUT2D eigenvalue weighted by atomic mass is 35.5. The molecule has 1 N–H and O–H groups in total. The number of halogens is 3. The molecule has 1 aliphatic heterocycles. The zero-order valence-electron chi connectivity index (χ0n) is 8.85. The molecule has 4 heteroatoms. The molecule has 0 spiro atoms. The van der Waals surface area contributed by atoms with Gasteiger partial charge in [0, 0.05) is 17.0 Å². The fraction of sp³-hybridized carbons (Fsp3) is 0.500. The molecule has 0 radical (unpaired) electrons. The van der Waals surface area contributed by atoms with Gasteiger partial charge in [-0.15, -0.1) is 0 Å². The third-order valence-corrected chi connectivity index (χ3v) is 3.19. The van der Waals surface area contributed by atoms with E-state index in [1.807, 2.05) is 0 Å². The Bertz CT molecular complexity index is 362. The standard InChI is InChI=1S/C12H14ClF2N/c13-11-3-1-2-10(6-11)12(14,15)7-9-4-5-16-8-9/h1-3,6,9,16H,4-5,7-8H2. The van der Waals surface area contributed by atoms with E-state index in [0.29, 0.717) is 11.6 Å². The van der Waals surface area contributed by atoms with Crippen molar-refractivity contribution in [3.8, 4) is 0 Å². The lowest BCUT2D eigenvalue weighted by Gasteiger charge is -2.20. The molecular weight excluding hydrogens is 232 g/mol. The minimum absolute atomic E-state index is 0.0203.